The van der Waals surface area contributed by atoms with Crippen molar-refractivity contribution in [1.29, 1.82) is 0 Å². The van der Waals surface area contributed by atoms with Crippen molar-refractivity contribution in [2.75, 3.05) is 0 Å². The van der Waals surface area contributed by atoms with E-state index in [0.717, 1.165) is 41.8 Å². The molecule has 1 saturated carbocycles. The van der Waals surface area contributed by atoms with Gasteiger partial charge in [-0.2, -0.15) is 0 Å². The second-order valence-electron chi connectivity index (χ2n) is 4.87. The third-order valence-corrected chi connectivity index (χ3v) is 3.82. The molecule has 1 aliphatic carbocycles. The van der Waals surface area contributed by atoms with E-state index in [9.17, 15) is 5.11 Å². The molecule has 1 aliphatic rings. The molecule has 0 spiro atoms. The molecule has 1 aromatic rings. The number of rotatable bonds is 1. The van der Waals surface area contributed by atoms with E-state index in [1.807, 2.05) is 25.1 Å². The van der Waals surface area contributed by atoms with Gasteiger partial charge in [-0.05, 0) is 49.8 Å². The standard InChI is InChI=1S/C13H18ClNO/c1-9-2-3-11(12(14)8-9)13(15)6-4-10(16)5-7-13/h2-3,8,10,16H,4-7,15H2,1H3. The Morgan fingerprint density at radius 2 is 2.00 bits per heavy atom. The number of hydrogen-bond acceptors (Lipinski definition) is 2. The van der Waals surface area contributed by atoms with Crippen LogP contribution in [0, 0.1) is 6.92 Å². The Hall–Kier alpha value is -0.570. The first-order chi connectivity index (χ1) is 7.51. The summed E-state index contributed by atoms with van der Waals surface area (Å²) in [6.07, 6.45) is 2.94. The average molecular weight is 240 g/mol. The number of aliphatic hydroxyl groups is 1. The van der Waals surface area contributed by atoms with Gasteiger partial charge in [-0.25, -0.2) is 0 Å². The van der Waals surface area contributed by atoms with Crippen molar-refractivity contribution in [1.82, 2.24) is 0 Å². The Bertz CT molecular complexity index is 384. The minimum absolute atomic E-state index is 0.194. The molecule has 16 heavy (non-hydrogen) atoms. The fourth-order valence-electron chi connectivity index (χ4n) is 2.41. The number of nitrogens with two attached hydrogens (primary N) is 1. The van der Waals surface area contributed by atoms with Crippen LogP contribution in [0.4, 0.5) is 0 Å². The zero-order valence-corrected chi connectivity index (χ0v) is 10.3. The van der Waals surface area contributed by atoms with Crippen molar-refractivity contribution in [3.8, 4) is 0 Å². The molecule has 88 valence electrons. The molecule has 1 aromatic carbocycles. The molecule has 0 bridgehead atoms. The van der Waals surface area contributed by atoms with E-state index in [1.54, 1.807) is 0 Å². The lowest BCUT2D eigenvalue weighted by molar-refractivity contribution is 0.0969. The van der Waals surface area contributed by atoms with Crippen molar-refractivity contribution in [2.45, 2.75) is 44.2 Å². The number of aryl methyl sites for hydroxylation is 1. The van der Waals surface area contributed by atoms with E-state index in [0.29, 0.717) is 0 Å². The summed E-state index contributed by atoms with van der Waals surface area (Å²) >= 11 is 6.25. The molecule has 0 radical (unpaired) electrons. The molecule has 2 nitrogen and oxygen atoms in total. The summed E-state index contributed by atoms with van der Waals surface area (Å²) in [7, 11) is 0. The van der Waals surface area contributed by atoms with E-state index in [-0.39, 0.29) is 11.6 Å². The molecule has 3 heteroatoms. The first-order valence-corrected chi connectivity index (χ1v) is 6.13. The molecular formula is C13H18ClNO. The molecule has 0 saturated heterocycles. The van der Waals surface area contributed by atoms with Gasteiger partial charge in [-0.3, -0.25) is 0 Å². The molecule has 1 fully saturated rings. The SMILES string of the molecule is Cc1ccc(C2(N)CCC(O)CC2)c(Cl)c1. The van der Waals surface area contributed by atoms with Crippen molar-refractivity contribution in [3.05, 3.63) is 34.3 Å². The monoisotopic (exact) mass is 239 g/mol. The topological polar surface area (TPSA) is 46.2 Å². The Labute approximate surface area is 101 Å². The number of benzene rings is 1. The molecule has 0 amide bonds. The van der Waals surface area contributed by atoms with Crippen LogP contribution in [-0.2, 0) is 5.54 Å². The first kappa shape index (κ1) is 11.9. The number of aliphatic hydroxyl groups excluding tert-OH is 1. The zero-order valence-electron chi connectivity index (χ0n) is 9.54. The Morgan fingerprint density at radius 1 is 1.38 bits per heavy atom. The largest absolute Gasteiger partial charge is 0.393 e. The highest BCUT2D eigenvalue weighted by atomic mass is 35.5. The highest BCUT2D eigenvalue weighted by Crippen LogP contribution is 2.38. The van der Waals surface area contributed by atoms with Crippen LogP contribution in [0.25, 0.3) is 0 Å². The zero-order chi connectivity index (χ0) is 11.8. The molecule has 0 atom stereocenters. The van der Waals surface area contributed by atoms with Gasteiger partial charge in [-0.15, -0.1) is 0 Å². The number of halogens is 1. The van der Waals surface area contributed by atoms with E-state index in [4.69, 9.17) is 17.3 Å². The quantitative estimate of drug-likeness (QED) is 0.792. The molecular weight excluding hydrogens is 222 g/mol. The summed E-state index contributed by atoms with van der Waals surface area (Å²) in [5.74, 6) is 0. The third kappa shape index (κ3) is 2.24. The second kappa shape index (κ2) is 4.36. The van der Waals surface area contributed by atoms with E-state index in [2.05, 4.69) is 0 Å². The lowest BCUT2D eigenvalue weighted by atomic mass is 9.76. The summed E-state index contributed by atoms with van der Waals surface area (Å²) in [4.78, 5) is 0. The summed E-state index contributed by atoms with van der Waals surface area (Å²) < 4.78 is 0. The van der Waals surface area contributed by atoms with Gasteiger partial charge in [0.05, 0.1) is 6.10 Å². The fraction of sp³-hybridized carbons (Fsp3) is 0.538. The average Bonchev–Trinajstić information content (AvgIpc) is 2.22. The van der Waals surface area contributed by atoms with E-state index < -0.39 is 0 Å². The summed E-state index contributed by atoms with van der Waals surface area (Å²) in [6, 6.07) is 6.02. The molecule has 0 heterocycles. The van der Waals surface area contributed by atoms with Crippen molar-refractivity contribution < 1.29 is 5.11 Å². The predicted octanol–water partition coefficient (Wildman–Crippen LogP) is 2.74. The normalized spacial score (nSPS) is 30.4. The predicted molar refractivity (Wildman–Crippen MR) is 66.5 cm³/mol. The molecule has 0 unspecified atom stereocenters. The summed E-state index contributed by atoms with van der Waals surface area (Å²) in [5, 5.41) is 10.3. The Balaban J connectivity index is 2.29. The van der Waals surface area contributed by atoms with Gasteiger partial charge in [0.2, 0.25) is 0 Å². The summed E-state index contributed by atoms with van der Waals surface area (Å²) in [6.45, 7) is 2.02. The van der Waals surface area contributed by atoms with Crippen LogP contribution in [0.5, 0.6) is 0 Å². The van der Waals surface area contributed by atoms with Gasteiger partial charge in [0.25, 0.3) is 0 Å². The van der Waals surface area contributed by atoms with Crippen molar-refractivity contribution in [2.24, 2.45) is 5.73 Å². The molecule has 0 aromatic heterocycles. The van der Waals surface area contributed by atoms with Crippen LogP contribution in [0.1, 0.15) is 36.8 Å². The van der Waals surface area contributed by atoms with Crippen molar-refractivity contribution >= 4 is 11.6 Å². The van der Waals surface area contributed by atoms with Gasteiger partial charge in [0, 0.05) is 10.6 Å². The minimum atomic E-state index is -0.357. The number of hydrogen-bond donors (Lipinski definition) is 2. The maximum absolute atomic E-state index is 9.51. The van der Waals surface area contributed by atoms with Gasteiger partial charge >= 0.3 is 0 Å². The van der Waals surface area contributed by atoms with Gasteiger partial charge < -0.3 is 10.8 Å². The third-order valence-electron chi connectivity index (χ3n) is 3.51. The van der Waals surface area contributed by atoms with Crippen LogP contribution in [-0.4, -0.2) is 11.2 Å². The lowest BCUT2D eigenvalue weighted by Gasteiger charge is -2.36. The van der Waals surface area contributed by atoms with Crippen LogP contribution in [0.3, 0.4) is 0 Å². The molecule has 0 aliphatic heterocycles. The maximum atomic E-state index is 9.51. The minimum Gasteiger partial charge on any atom is -0.393 e. The van der Waals surface area contributed by atoms with Crippen LogP contribution in [0.15, 0.2) is 18.2 Å². The van der Waals surface area contributed by atoms with Crippen LogP contribution in [0.2, 0.25) is 5.02 Å². The lowest BCUT2D eigenvalue weighted by Crippen LogP contribution is -2.41. The van der Waals surface area contributed by atoms with Crippen molar-refractivity contribution in [3.63, 3.8) is 0 Å². The first-order valence-electron chi connectivity index (χ1n) is 5.75. The molecule has 3 N–H and O–H groups in total. The van der Waals surface area contributed by atoms with E-state index >= 15 is 0 Å². The van der Waals surface area contributed by atoms with Gasteiger partial charge in [0.1, 0.15) is 0 Å². The van der Waals surface area contributed by atoms with Gasteiger partial charge in [-0.1, -0.05) is 23.7 Å². The molecule has 2 rings (SSSR count). The highest BCUT2D eigenvalue weighted by Gasteiger charge is 2.33. The van der Waals surface area contributed by atoms with E-state index in [1.165, 1.54) is 0 Å². The smallest absolute Gasteiger partial charge is 0.0541 e. The van der Waals surface area contributed by atoms with Crippen LogP contribution >= 0.6 is 11.6 Å². The Kier molecular flexibility index (Phi) is 3.24. The van der Waals surface area contributed by atoms with Crippen LogP contribution < -0.4 is 5.73 Å². The van der Waals surface area contributed by atoms with Gasteiger partial charge in [0.15, 0.2) is 0 Å². The Morgan fingerprint density at radius 3 is 2.56 bits per heavy atom. The maximum Gasteiger partial charge on any atom is 0.0541 e. The second-order valence-corrected chi connectivity index (χ2v) is 5.28. The fourth-order valence-corrected chi connectivity index (χ4v) is 2.83. The summed E-state index contributed by atoms with van der Waals surface area (Å²) in [5.41, 5.74) is 8.21. The highest BCUT2D eigenvalue weighted by molar-refractivity contribution is 6.31.